The van der Waals surface area contributed by atoms with Gasteiger partial charge in [-0.3, -0.25) is 14.9 Å². The normalized spacial score (nSPS) is 12.3. The van der Waals surface area contributed by atoms with E-state index in [2.05, 4.69) is 5.32 Å². The van der Waals surface area contributed by atoms with Gasteiger partial charge in [0, 0.05) is 18.2 Å². The molecule has 1 amide bonds. The Kier molecular flexibility index (Phi) is 5.00. The van der Waals surface area contributed by atoms with Gasteiger partial charge in [0.15, 0.2) is 0 Å². The molecule has 0 saturated heterocycles. The molecule has 0 aromatic heterocycles. The molecular formula is C13H19N3O3. The Bertz CT molecular complexity index is 486. The van der Waals surface area contributed by atoms with Crippen molar-refractivity contribution in [1.29, 1.82) is 0 Å². The van der Waals surface area contributed by atoms with Gasteiger partial charge in [-0.05, 0) is 18.9 Å². The average Bonchev–Trinajstić information content (AvgIpc) is 2.34. The summed E-state index contributed by atoms with van der Waals surface area (Å²) in [6.45, 7) is 5.77. The topological polar surface area (TPSA) is 98.3 Å². The van der Waals surface area contributed by atoms with Gasteiger partial charge in [0.2, 0.25) is 0 Å². The summed E-state index contributed by atoms with van der Waals surface area (Å²) >= 11 is 0. The molecule has 0 heterocycles. The second-order valence-corrected chi connectivity index (χ2v) is 4.79. The molecular weight excluding hydrogens is 246 g/mol. The van der Waals surface area contributed by atoms with Gasteiger partial charge in [0.25, 0.3) is 11.6 Å². The number of nitrogens with one attached hydrogen (secondary N) is 1. The Morgan fingerprint density at radius 1 is 1.47 bits per heavy atom. The molecule has 0 spiro atoms. The van der Waals surface area contributed by atoms with Crippen molar-refractivity contribution in [2.75, 3.05) is 6.54 Å². The lowest BCUT2D eigenvalue weighted by molar-refractivity contribution is -0.385. The monoisotopic (exact) mass is 265 g/mol. The molecule has 19 heavy (non-hydrogen) atoms. The predicted octanol–water partition coefficient (Wildman–Crippen LogP) is 1.62. The van der Waals surface area contributed by atoms with Crippen LogP contribution in [0.3, 0.4) is 0 Å². The summed E-state index contributed by atoms with van der Waals surface area (Å²) in [4.78, 5) is 22.6. The van der Waals surface area contributed by atoms with Crippen molar-refractivity contribution in [2.45, 2.75) is 26.8 Å². The number of amides is 1. The molecule has 1 rings (SSSR count). The van der Waals surface area contributed by atoms with Gasteiger partial charge >= 0.3 is 0 Å². The minimum atomic E-state index is -0.531. The molecule has 6 nitrogen and oxygen atoms in total. The molecule has 0 aliphatic heterocycles. The van der Waals surface area contributed by atoms with Gasteiger partial charge in [-0.2, -0.15) is 0 Å². The molecule has 0 radical (unpaired) electrons. The minimum absolute atomic E-state index is 0.0732. The van der Waals surface area contributed by atoms with Crippen LogP contribution in [0.15, 0.2) is 18.2 Å². The Labute approximate surface area is 112 Å². The van der Waals surface area contributed by atoms with Crippen LogP contribution < -0.4 is 11.1 Å². The van der Waals surface area contributed by atoms with E-state index in [1.807, 2.05) is 13.8 Å². The number of nitro benzene ring substituents is 1. The number of carbonyl (C=O) groups is 1. The third-order valence-electron chi connectivity index (χ3n) is 3.04. The number of aryl methyl sites for hydroxylation is 1. The zero-order chi connectivity index (χ0) is 14.6. The van der Waals surface area contributed by atoms with Crippen LogP contribution in [0.5, 0.6) is 0 Å². The molecule has 0 aliphatic carbocycles. The van der Waals surface area contributed by atoms with Gasteiger partial charge in [0.05, 0.1) is 4.92 Å². The molecule has 0 aliphatic rings. The summed E-state index contributed by atoms with van der Waals surface area (Å²) < 4.78 is 0. The number of rotatable bonds is 5. The van der Waals surface area contributed by atoms with E-state index in [0.29, 0.717) is 12.1 Å². The van der Waals surface area contributed by atoms with Crippen LogP contribution in [0.25, 0.3) is 0 Å². The highest BCUT2D eigenvalue weighted by molar-refractivity contribution is 5.98. The Balaban J connectivity index is 3.07. The van der Waals surface area contributed by atoms with E-state index in [1.54, 1.807) is 19.1 Å². The maximum Gasteiger partial charge on any atom is 0.285 e. The average molecular weight is 265 g/mol. The predicted molar refractivity (Wildman–Crippen MR) is 73.0 cm³/mol. The van der Waals surface area contributed by atoms with E-state index in [9.17, 15) is 14.9 Å². The summed E-state index contributed by atoms with van der Waals surface area (Å²) in [5, 5.41) is 13.8. The van der Waals surface area contributed by atoms with Crippen molar-refractivity contribution in [1.82, 2.24) is 5.32 Å². The number of nitrogens with two attached hydrogens (primary N) is 1. The first kappa shape index (κ1) is 15.1. The second kappa shape index (κ2) is 6.29. The van der Waals surface area contributed by atoms with Crippen molar-refractivity contribution in [3.63, 3.8) is 0 Å². The zero-order valence-electron chi connectivity index (χ0n) is 11.3. The van der Waals surface area contributed by atoms with Crippen LogP contribution in [-0.4, -0.2) is 23.4 Å². The van der Waals surface area contributed by atoms with Gasteiger partial charge in [-0.1, -0.05) is 26.0 Å². The lowest BCUT2D eigenvalue weighted by Crippen LogP contribution is -2.43. The zero-order valence-corrected chi connectivity index (χ0v) is 11.3. The number of para-hydroxylation sites is 1. The Morgan fingerprint density at radius 3 is 2.58 bits per heavy atom. The molecule has 104 valence electrons. The highest BCUT2D eigenvalue weighted by Gasteiger charge is 2.24. The first-order valence-corrected chi connectivity index (χ1v) is 6.13. The van der Waals surface area contributed by atoms with Gasteiger partial charge in [-0.15, -0.1) is 0 Å². The smallest absolute Gasteiger partial charge is 0.285 e. The van der Waals surface area contributed by atoms with Crippen molar-refractivity contribution in [3.05, 3.63) is 39.4 Å². The van der Waals surface area contributed by atoms with E-state index in [1.165, 1.54) is 6.07 Å². The molecule has 0 fully saturated rings. The fourth-order valence-corrected chi connectivity index (χ4v) is 1.83. The number of hydrogen-bond donors (Lipinski definition) is 2. The van der Waals surface area contributed by atoms with Crippen LogP contribution in [0.2, 0.25) is 0 Å². The molecule has 1 atom stereocenters. The van der Waals surface area contributed by atoms with Gasteiger partial charge < -0.3 is 11.1 Å². The fourth-order valence-electron chi connectivity index (χ4n) is 1.83. The Hall–Kier alpha value is -1.95. The first-order chi connectivity index (χ1) is 8.88. The van der Waals surface area contributed by atoms with E-state index in [-0.39, 0.29) is 23.2 Å². The first-order valence-electron chi connectivity index (χ1n) is 6.13. The molecule has 6 heteroatoms. The summed E-state index contributed by atoms with van der Waals surface area (Å²) in [5.74, 6) is -0.294. The number of carbonyl (C=O) groups excluding carboxylic acids is 1. The molecule has 1 aromatic rings. The molecule has 1 unspecified atom stereocenters. The molecule has 0 bridgehead atoms. The van der Waals surface area contributed by atoms with Crippen LogP contribution >= 0.6 is 0 Å². The number of benzene rings is 1. The van der Waals surface area contributed by atoms with Crippen molar-refractivity contribution in [3.8, 4) is 0 Å². The summed E-state index contributed by atoms with van der Waals surface area (Å²) in [7, 11) is 0. The molecule has 0 saturated carbocycles. The minimum Gasteiger partial charge on any atom is -0.348 e. The summed E-state index contributed by atoms with van der Waals surface area (Å²) in [6, 6.07) is 4.49. The summed E-state index contributed by atoms with van der Waals surface area (Å²) in [6.07, 6.45) is 0. The van der Waals surface area contributed by atoms with Gasteiger partial charge in [0.1, 0.15) is 5.56 Å². The maximum atomic E-state index is 12.1. The highest BCUT2D eigenvalue weighted by atomic mass is 16.6. The third-order valence-corrected chi connectivity index (χ3v) is 3.04. The quantitative estimate of drug-likeness (QED) is 0.624. The van der Waals surface area contributed by atoms with E-state index >= 15 is 0 Å². The van der Waals surface area contributed by atoms with E-state index in [0.717, 1.165) is 0 Å². The van der Waals surface area contributed by atoms with E-state index in [4.69, 9.17) is 5.73 Å². The maximum absolute atomic E-state index is 12.1. The van der Waals surface area contributed by atoms with Gasteiger partial charge in [-0.25, -0.2) is 0 Å². The standard InChI is InChI=1S/C13H19N3O3/c1-8(2)11(7-14)15-13(17)10-6-4-5-9(3)12(10)16(18)19/h4-6,8,11H,7,14H2,1-3H3,(H,15,17). The van der Waals surface area contributed by atoms with Crippen LogP contribution in [0.4, 0.5) is 5.69 Å². The fraction of sp³-hybridized carbons (Fsp3) is 0.462. The molecule has 1 aromatic carbocycles. The number of nitro groups is 1. The number of hydrogen-bond acceptors (Lipinski definition) is 4. The highest BCUT2D eigenvalue weighted by Crippen LogP contribution is 2.23. The molecule has 3 N–H and O–H groups in total. The Morgan fingerprint density at radius 2 is 2.11 bits per heavy atom. The van der Waals surface area contributed by atoms with Crippen LogP contribution in [-0.2, 0) is 0 Å². The summed E-state index contributed by atoms with van der Waals surface area (Å²) in [5.41, 5.74) is 5.96. The van der Waals surface area contributed by atoms with Crippen LogP contribution in [0.1, 0.15) is 29.8 Å². The van der Waals surface area contributed by atoms with Crippen molar-refractivity contribution < 1.29 is 9.72 Å². The third kappa shape index (κ3) is 3.51. The van der Waals surface area contributed by atoms with Crippen LogP contribution in [0, 0.1) is 23.0 Å². The van der Waals surface area contributed by atoms with Crippen molar-refractivity contribution >= 4 is 11.6 Å². The lowest BCUT2D eigenvalue weighted by atomic mass is 10.0. The largest absolute Gasteiger partial charge is 0.348 e. The number of nitrogens with zero attached hydrogens (tertiary/aromatic N) is 1. The SMILES string of the molecule is Cc1cccc(C(=O)NC(CN)C(C)C)c1[N+](=O)[O-]. The lowest BCUT2D eigenvalue weighted by Gasteiger charge is -2.20. The second-order valence-electron chi connectivity index (χ2n) is 4.79. The van der Waals surface area contributed by atoms with Crippen molar-refractivity contribution in [2.24, 2.45) is 11.7 Å². The van der Waals surface area contributed by atoms with E-state index < -0.39 is 10.8 Å².